The average Bonchev–Trinajstić information content (AvgIpc) is 2.62. The number of anilines is 3. The van der Waals surface area contributed by atoms with Gasteiger partial charge in [-0.2, -0.15) is 4.98 Å². The van der Waals surface area contributed by atoms with Crippen LogP contribution in [0.4, 0.5) is 17.5 Å². The van der Waals surface area contributed by atoms with Gasteiger partial charge >= 0.3 is 0 Å². The van der Waals surface area contributed by atoms with Gasteiger partial charge in [-0.3, -0.25) is 4.98 Å². The fraction of sp³-hybridized carbons (Fsp3) is 0.250. The van der Waals surface area contributed by atoms with E-state index in [1.54, 1.807) is 6.20 Å². The van der Waals surface area contributed by atoms with E-state index in [0.29, 0.717) is 12.5 Å². The zero-order valence-electron chi connectivity index (χ0n) is 15.2. The highest BCUT2D eigenvalue weighted by atomic mass is 16.5. The quantitative estimate of drug-likeness (QED) is 0.662. The minimum atomic E-state index is 0.154. The van der Waals surface area contributed by atoms with Crippen molar-refractivity contribution in [2.24, 2.45) is 0 Å². The lowest BCUT2D eigenvalue weighted by molar-refractivity contribution is 0.242. The van der Waals surface area contributed by atoms with Crippen molar-refractivity contribution in [2.75, 3.05) is 10.6 Å². The molecular formula is C20H23N5O. The second-order valence-corrected chi connectivity index (χ2v) is 6.21. The third-order valence-electron chi connectivity index (χ3n) is 3.51. The molecule has 0 saturated heterocycles. The van der Waals surface area contributed by atoms with Gasteiger partial charge in [0.1, 0.15) is 11.6 Å². The van der Waals surface area contributed by atoms with Crippen LogP contribution >= 0.6 is 0 Å². The number of ether oxygens (including phenoxy) is 1. The van der Waals surface area contributed by atoms with Crippen LogP contribution < -0.4 is 15.4 Å². The summed E-state index contributed by atoms with van der Waals surface area (Å²) in [6.45, 7) is 6.56. The van der Waals surface area contributed by atoms with Crippen LogP contribution in [0.5, 0.6) is 5.75 Å². The van der Waals surface area contributed by atoms with Crippen LogP contribution in [0.1, 0.15) is 25.2 Å². The van der Waals surface area contributed by atoms with Crippen LogP contribution in [-0.4, -0.2) is 21.1 Å². The first kappa shape index (κ1) is 17.7. The molecule has 0 fully saturated rings. The molecule has 0 aliphatic rings. The van der Waals surface area contributed by atoms with Crippen molar-refractivity contribution in [2.45, 2.75) is 33.4 Å². The lowest BCUT2D eigenvalue weighted by Crippen LogP contribution is -2.07. The van der Waals surface area contributed by atoms with Gasteiger partial charge in [-0.25, -0.2) is 4.98 Å². The molecule has 2 aromatic heterocycles. The molecule has 2 heterocycles. The van der Waals surface area contributed by atoms with Gasteiger partial charge in [0.05, 0.1) is 18.3 Å². The lowest BCUT2D eigenvalue weighted by atomic mass is 10.3. The second kappa shape index (κ2) is 8.29. The van der Waals surface area contributed by atoms with E-state index < -0.39 is 0 Å². The highest BCUT2D eigenvalue weighted by Gasteiger charge is 2.04. The van der Waals surface area contributed by atoms with E-state index in [2.05, 4.69) is 25.6 Å². The number of hydrogen-bond donors (Lipinski definition) is 2. The van der Waals surface area contributed by atoms with Crippen molar-refractivity contribution < 1.29 is 4.74 Å². The number of nitrogens with zero attached hydrogens (tertiary/aromatic N) is 3. The predicted molar refractivity (Wildman–Crippen MR) is 104 cm³/mol. The molecule has 0 spiro atoms. The van der Waals surface area contributed by atoms with Gasteiger partial charge in [0, 0.05) is 23.6 Å². The number of aromatic nitrogens is 3. The monoisotopic (exact) mass is 349 g/mol. The van der Waals surface area contributed by atoms with Crippen molar-refractivity contribution >= 4 is 17.5 Å². The molecule has 3 rings (SSSR count). The lowest BCUT2D eigenvalue weighted by Gasteiger charge is -2.12. The van der Waals surface area contributed by atoms with E-state index in [9.17, 15) is 0 Å². The Morgan fingerprint density at radius 1 is 1.04 bits per heavy atom. The summed E-state index contributed by atoms with van der Waals surface area (Å²) in [4.78, 5) is 13.3. The van der Waals surface area contributed by atoms with Crippen LogP contribution in [0.3, 0.4) is 0 Å². The second-order valence-electron chi connectivity index (χ2n) is 6.21. The largest absolute Gasteiger partial charge is 0.491 e. The molecule has 0 bridgehead atoms. The molecule has 1 aromatic carbocycles. The molecule has 0 saturated carbocycles. The summed E-state index contributed by atoms with van der Waals surface area (Å²) in [5.41, 5.74) is 2.74. The zero-order valence-corrected chi connectivity index (χ0v) is 15.2. The molecule has 6 nitrogen and oxygen atoms in total. The average molecular weight is 349 g/mol. The van der Waals surface area contributed by atoms with Gasteiger partial charge in [-0.1, -0.05) is 6.07 Å². The molecular weight excluding hydrogens is 326 g/mol. The standard InChI is InChI=1S/C20H23N5O/c1-14(2)26-18-9-7-16(8-10-18)24-20-23-15(3)12-19(25-20)22-13-17-6-4-5-11-21-17/h4-12,14H,13H2,1-3H3,(H2,22,23,24,25). The van der Waals surface area contributed by atoms with Gasteiger partial charge < -0.3 is 15.4 Å². The fourth-order valence-electron chi connectivity index (χ4n) is 2.42. The van der Waals surface area contributed by atoms with E-state index in [1.165, 1.54) is 0 Å². The summed E-state index contributed by atoms with van der Waals surface area (Å²) >= 11 is 0. The van der Waals surface area contributed by atoms with Crippen molar-refractivity contribution in [1.29, 1.82) is 0 Å². The number of rotatable bonds is 7. The first-order chi connectivity index (χ1) is 12.6. The highest BCUT2D eigenvalue weighted by molar-refractivity contribution is 5.56. The molecule has 0 aliphatic heterocycles. The third kappa shape index (κ3) is 5.17. The Balaban J connectivity index is 1.67. The maximum absolute atomic E-state index is 5.66. The van der Waals surface area contributed by atoms with Crippen molar-refractivity contribution in [3.05, 3.63) is 66.1 Å². The van der Waals surface area contributed by atoms with Crippen LogP contribution in [0.25, 0.3) is 0 Å². The molecule has 0 amide bonds. The van der Waals surface area contributed by atoms with Gasteiger partial charge in [0.15, 0.2) is 0 Å². The van der Waals surface area contributed by atoms with E-state index >= 15 is 0 Å². The van der Waals surface area contributed by atoms with Crippen LogP contribution in [0.2, 0.25) is 0 Å². The Morgan fingerprint density at radius 2 is 1.85 bits per heavy atom. The Bertz CT molecular complexity index is 835. The van der Waals surface area contributed by atoms with Crippen molar-refractivity contribution in [1.82, 2.24) is 15.0 Å². The maximum Gasteiger partial charge on any atom is 0.229 e. The topological polar surface area (TPSA) is 72.0 Å². The predicted octanol–water partition coefficient (Wildman–Crippen LogP) is 4.32. The Labute approximate surface area is 153 Å². The number of hydrogen-bond acceptors (Lipinski definition) is 6. The number of pyridine rings is 1. The zero-order chi connectivity index (χ0) is 18.4. The molecule has 0 unspecified atom stereocenters. The minimum Gasteiger partial charge on any atom is -0.491 e. The Hall–Kier alpha value is -3.15. The molecule has 0 atom stereocenters. The van der Waals surface area contributed by atoms with Gasteiger partial charge in [0.2, 0.25) is 5.95 Å². The van der Waals surface area contributed by atoms with Crippen molar-refractivity contribution in [3.63, 3.8) is 0 Å². The number of nitrogens with one attached hydrogen (secondary N) is 2. The van der Waals surface area contributed by atoms with Gasteiger partial charge in [0.25, 0.3) is 0 Å². The normalized spacial score (nSPS) is 10.6. The Kier molecular flexibility index (Phi) is 5.63. The van der Waals surface area contributed by atoms with E-state index in [4.69, 9.17) is 4.74 Å². The van der Waals surface area contributed by atoms with Crippen LogP contribution in [0.15, 0.2) is 54.7 Å². The van der Waals surface area contributed by atoms with Crippen LogP contribution in [-0.2, 0) is 6.54 Å². The molecule has 6 heteroatoms. The van der Waals surface area contributed by atoms with E-state index in [0.717, 1.165) is 28.6 Å². The molecule has 3 aromatic rings. The molecule has 0 radical (unpaired) electrons. The Morgan fingerprint density at radius 3 is 2.54 bits per heavy atom. The van der Waals surface area contributed by atoms with Crippen molar-refractivity contribution in [3.8, 4) is 5.75 Å². The number of aryl methyl sites for hydroxylation is 1. The summed E-state index contributed by atoms with van der Waals surface area (Å²) in [6, 6.07) is 15.5. The smallest absolute Gasteiger partial charge is 0.229 e. The van der Waals surface area contributed by atoms with Gasteiger partial charge in [-0.15, -0.1) is 0 Å². The van der Waals surface area contributed by atoms with E-state index in [-0.39, 0.29) is 6.10 Å². The fourth-order valence-corrected chi connectivity index (χ4v) is 2.42. The summed E-state index contributed by atoms with van der Waals surface area (Å²) in [7, 11) is 0. The number of benzene rings is 1. The summed E-state index contributed by atoms with van der Waals surface area (Å²) in [6.07, 6.45) is 1.93. The minimum absolute atomic E-state index is 0.154. The summed E-state index contributed by atoms with van der Waals surface area (Å²) in [5, 5.41) is 6.52. The van der Waals surface area contributed by atoms with Crippen LogP contribution in [0, 0.1) is 6.92 Å². The highest BCUT2D eigenvalue weighted by Crippen LogP contribution is 2.20. The van der Waals surface area contributed by atoms with E-state index in [1.807, 2.05) is 69.3 Å². The maximum atomic E-state index is 5.66. The molecule has 26 heavy (non-hydrogen) atoms. The molecule has 2 N–H and O–H groups in total. The third-order valence-corrected chi connectivity index (χ3v) is 3.51. The molecule has 134 valence electrons. The summed E-state index contributed by atoms with van der Waals surface area (Å²) < 4.78 is 5.66. The molecule has 0 aliphatic carbocycles. The summed E-state index contributed by atoms with van der Waals surface area (Å²) in [5.74, 6) is 2.14. The first-order valence-electron chi connectivity index (χ1n) is 8.62. The first-order valence-corrected chi connectivity index (χ1v) is 8.62. The van der Waals surface area contributed by atoms with Gasteiger partial charge in [-0.05, 0) is 57.2 Å². The SMILES string of the molecule is Cc1cc(NCc2ccccn2)nc(Nc2ccc(OC(C)C)cc2)n1.